The molecule has 0 aliphatic carbocycles. The van der Waals surface area contributed by atoms with Gasteiger partial charge in [0, 0.05) is 6.42 Å². The zero-order valence-corrected chi connectivity index (χ0v) is 10.9. The number of hydrogen-bond donors (Lipinski definition) is 4. The van der Waals surface area contributed by atoms with E-state index in [1.807, 2.05) is 0 Å². The van der Waals surface area contributed by atoms with Gasteiger partial charge in [-0.2, -0.15) is 0 Å². The van der Waals surface area contributed by atoms with E-state index in [9.17, 15) is 4.57 Å². The van der Waals surface area contributed by atoms with E-state index in [0.29, 0.717) is 35.6 Å². The van der Waals surface area contributed by atoms with Crippen molar-refractivity contribution >= 4 is 24.6 Å². The highest BCUT2D eigenvalue weighted by Crippen LogP contribution is 2.34. The molecule has 0 amide bonds. The van der Waals surface area contributed by atoms with Crippen LogP contribution >= 0.6 is 7.60 Å². The number of nitrogens with one attached hydrogen (secondary N) is 1. The Morgan fingerprint density at radius 2 is 2.16 bits per heavy atom. The maximum absolute atomic E-state index is 10.6. The van der Waals surface area contributed by atoms with Crippen LogP contribution in [0, 0.1) is 0 Å². The van der Waals surface area contributed by atoms with E-state index in [2.05, 4.69) is 19.9 Å². The van der Waals surface area contributed by atoms with Crippen LogP contribution in [0.5, 0.6) is 0 Å². The molecule has 0 unspecified atom stereocenters. The molecule has 5 N–H and O–H groups in total. The maximum Gasteiger partial charge on any atom is 0.325 e. The molecule has 2 aromatic heterocycles. The quantitative estimate of drug-likeness (QED) is 0.465. The molecule has 0 atom stereocenters. The fraction of sp³-hybridized carbons (Fsp3) is 0.300. The SMILES string of the molecule is Nc1nc(CC=CCCP(=O)(O)O)nc2nc[nH]c12. The predicted molar refractivity (Wildman–Crippen MR) is 70.5 cm³/mol. The molecule has 0 spiro atoms. The second kappa shape index (κ2) is 5.48. The molecular formula is C10H14N5O3P. The van der Waals surface area contributed by atoms with Gasteiger partial charge in [0.05, 0.1) is 12.5 Å². The average Bonchev–Trinajstić information content (AvgIpc) is 2.75. The minimum atomic E-state index is -3.93. The normalized spacial score (nSPS) is 12.5. The number of H-pyrrole nitrogens is 1. The summed E-state index contributed by atoms with van der Waals surface area (Å²) in [6, 6.07) is 0. The molecule has 0 aromatic carbocycles. The fourth-order valence-corrected chi connectivity index (χ4v) is 2.03. The van der Waals surface area contributed by atoms with Crippen LogP contribution in [0.1, 0.15) is 12.2 Å². The standard InChI is InChI=1S/C10H14N5O3P/c11-9-8-10(13-6-12-8)15-7(14-9)4-2-1-3-5-19(16,17)18/h1-2,6H,3-5H2,(H2,16,17,18)(H3,11,12,13,14,15). The number of fused-ring (bicyclic) bond motifs is 1. The Morgan fingerprint density at radius 1 is 1.37 bits per heavy atom. The number of imidazole rings is 1. The number of nitrogens with two attached hydrogens (primary N) is 1. The Morgan fingerprint density at radius 3 is 2.89 bits per heavy atom. The second-order valence-electron chi connectivity index (χ2n) is 3.98. The van der Waals surface area contributed by atoms with Crippen molar-refractivity contribution in [2.75, 3.05) is 11.9 Å². The highest BCUT2D eigenvalue weighted by molar-refractivity contribution is 7.51. The minimum Gasteiger partial charge on any atom is -0.382 e. The first kappa shape index (κ1) is 13.7. The van der Waals surface area contributed by atoms with Crippen molar-refractivity contribution in [1.82, 2.24) is 19.9 Å². The molecule has 2 heterocycles. The molecule has 0 saturated carbocycles. The molecule has 0 aliphatic rings. The van der Waals surface area contributed by atoms with Gasteiger partial charge < -0.3 is 20.5 Å². The second-order valence-corrected chi connectivity index (χ2v) is 5.76. The van der Waals surface area contributed by atoms with Gasteiger partial charge in [0.2, 0.25) is 0 Å². The number of aromatic nitrogens is 4. The number of hydrogen-bond acceptors (Lipinski definition) is 5. The topological polar surface area (TPSA) is 138 Å². The van der Waals surface area contributed by atoms with Crippen molar-refractivity contribution in [2.45, 2.75) is 12.8 Å². The lowest BCUT2D eigenvalue weighted by Gasteiger charge is -2.00. The molecule has 19 heavy (non-hydrogen) atoms. The van der Waals surface area contributed by atoms with Crippen LogP contribution < -0.4 is 5.73 Å². The van der Waals surface area contributed by atoms with Crippen LogP contribution in [0.4, 0.5) is 5.82 Å². The van der Waals surface area contributed by atoms with Crippen LogP contribution in [0.15, 0.2) is 18.5 Å². The Labute approximate surface area is 109 Å². The number of nitrogen functional groups attached to an aromatic ring is 1. The first-order valence-electron chi connectivity index (χ1n) is 5.61. The van der Waals surface area contributed by atoms with E-state index in [-0.39, 0.29) is 6.16 Å². The Balaban J connectivity index is 1.98. The highest BCUT2D eigenvalue weighted by Gasteiger charge is 2.10. The van der Waals surface area contributed by atoms with Crippen molar-refractivity contribution in [3.63, 3.8) is 0 Å². The van der Waals surface area contributed by atoms with Crippen molar-refractivity contribution in [1.29, 1.82) is 0 Å². The fourth-order valence-electron chi connectivity index (χ4n) is 1.54. The van der Waals surface area contributed by atoms with Gasteiger partial charge in [-0.25, -0.2) is 15.0 Å². The summed E-state index contributed by atoms with van der Waals surface area (Å²) in [7, 11) is -3.93. The van der Waals surface area contributed by atoms with E-state index in [1.165, 1.54) is 6.33 Å². The molecule has 8 nitrogen and oxygen atoms in total. The van der Waals surface area contributed by atoms with E-state index in [1.54, 1.807) is 12.2 Å². The van der Waals surface area contributed by atoms with Gasteiger partial charge in [-0.15, -0.1) is 0 Å². The highest BCUT2D eigenvalue weighted by atomic mass is 31.2. The molecule has 9 heteroatoms. The van der Waals surface area contributed by atoms with E-state index in [0.717, 1.165) is 0 Å². The van der Waals surface area contributed by atoms with Gasteiger partial charge in [-0.1, -0.05) is 12.2 Å². The first-order chi connectivity index (χ1) is 8.96. The van der Waals surface area contributed by atoms with Crippen LogP contribution in [0.25, 0.3) is 11.2 Å². The van der Waals surface area contributed by atoms with Gasteiger partial charge in [-0.3, -0.25) is 4.57 Å². The molecule has 102 valence electrons. The van der Waals surface area contributed by atoms with E-state index >= 15 is 0 Å². The zero-order chi connectivity index (χ0) is 13.9. The van der Waals surface area contributed by atoms with Gasteiger partial charge in [0.1, 0.15) is 11.3 Å². The number of nitrogens with zero attached hydrogens (tertiary/aromatic N) is 3. The third-order valence-electron chi connectivity index (χ3n) is 2.41. The van der Waals surface area contributed by atoms with Gasteiger partial charge in [0.25, 0.3) is 0 Å². The number of rotatable bonds is 5. The van der Waals surface area contributed by atoms with Crippen molar-refractivity contribution in [3.8, 4) is 0 Å². The summed E-state index contributed by atoms with van der Waals surface area (Å²) in [6.07, 6.45) is 5.52. The lowest BCUT2D eigenvalue weighted by Crippen LogP contribution is -2.00. The lowest BCUT2D eigenvalue weighted by atomic mass is 10.3. The summed E-state index contributed by atoms with van der Waals surface area (Å²) in [4.78, 5) is 32.5. The van der Waals surface area contributed by atoms with Crippen LogP contribution in [-0.2, 0) is 11.0 Å². The van der Waals surface area contributed by atoms with Crippen LogP contribution in [-0.4, -0.2) is 35.9 Å². The monoisotopic (exact) mass is 283 g/mol. The molecule has 0 bridgehead atoms. The largest absolute Gasteiger partial charge is 0.382 e. The smallest absolute Gasteiger partial charge is 0.325 e. The molecular weight excluding hydrogens is 269 g/mol. The van der Waals surface area contributed by atoms with E-state index < -0.39 is 7.60 Å². The number of allylic oxidation sites excluding steroid dienone is 2. The number of anilines is 1. The molecule has 0 fully saturated rings. The van der Waals surface area contributed by atoms with Crippen molar-refractivity contribution in [3.05, 3.63) is 24.3 Å². The Bertz CT molecular complexity index is 648. The number of aromatic amines is 1. The predicted octanol–water partition coefficient (Wildman–Crippen LogP) is 0.602. The van der Waals surface area contributed by atoms with Gasteiger partial charge in [-0.05, 0) is 6.42 Å². The third kappa shape index (κ3) is 3.85. The molecule has 0 saturated heterocycles. The minimum absolute atomic E-state index is 0.162. The molecule has 0 aliphatic heterocycles. The van der Waals surface area contributed by atoms with Gasteiger partial charge >= 0.3 is 7.60 Å². The molecule has 0 radical (unpaired) electrons. The van der Waals surface area contributed by atoms with Crippen LogP contribution in [0.2, 0.25) is 0 Å². The summed E-state index contributed by atoms with van der Waals surface area (Å²) < 4.78 is 10.6. The average molecular weight is 283 g/mol. The summed E-state index contributed by atoms with van der Waals surface area (Å²) in [5.74, 6) is 0.852. The Kier molecular flexibility index (Phi) is 3.94. The maximum atomic E-state index is 10.6. The summed E-state index contributed by atoms with van der Waals surface area (Å²) in [5.41, 5.74) is 6.85. The first-order valence-corrected chi connectivity index (χ1v) is 7.40. The lowest BCUT2D eigenvalue weighted by molar-refractivity contribution is 0.373. The van der Waals surface area contributed by atoms with Crippen LogP contribution in [0.3, 0.4) is 0 Å². The summed E-state index contributed by atoms with van der Waals surface area (Å²) in [6.45, 7) is 0. The van der Waals surface area contributed by atoms with Gasteiger partial charge in [0.15, 0.2) is 11.5 Å². The zero-order valence-electron chi connectivity index (χ0n) is 10.0. The summed E-state index contributed by atoms with van der Waals surface area (Å²) >= 11 is 0. The van der Waals surface area contributed by atoms with Crippen molar-refractivity contribution < 1.29 is 14.4 Å². The Hall–Kier alpha value is -1.76. The third-order valence-corrected chi connectivity index (χ3v) is 3.25. The molecule has 2 aromatic rings. The summed E-state index contributed by atoms with van der Waals surface area (Å²) in [5, 5.41) is 0. The van der Waals surface area contributed by atoms with E-state index in [4.69, 9.17) is 15.5 Å². The molecule has 2 rings (SSSR count). The van der Waals surface area contributed by atoms with Crippen molar-refractivity contribution in [2.24, 2.45) is 0 Å².